The number of hydrogen-bond acceptors (Lipinski definition) is 7. The number of amides is 1. The van der Waals surface area contributed by atoms with Crippen molar-refractivity contribution in [3.8, 4) is 11.3 Å². The van der Waals surface area contributed by atoms with E-state index in [0.717, 1.165) is 11.1 Å². The van der Waals surface area contributed by atoms with Crippen LogP contribution in [0.3, 0.4) is 0 Å². The Morgan fingerprint density at radius 1 is 0.935 bits per heavy atom. The van der Waals surface area contributed by atoms with Crippen LogP contribution in [0.15, 0.2) is 79.1 Å². The van der Waals surface area contributed by atoms with E-state index >= 15 is 0 Å². The summed E-state index contributed by atoms with van der Waals surface area (Å²) in [6.07, 6.45) is 3.42. The third kappa shape index (κ3) is 4.94. The molecule has 154 valence electrons. The van der Waals surface area contributed by atoms with Crippen molar-refractivity contribution in [2.45, 2.75) is 6.54 Å². The monoisotopic (exact) mass is 411 g/mol. The average molecular weight is 411 g/mol. The standard InChI is InChI=1S/C23H21N7O/c24-18-5-1-2-6-19(18)28-22(31)16-9-7-15(8-10-16)13-27-21-12-20(29-23(25)30-21)17-4-3-11-26-14-17/h1-12,14H,13,24H2,(H,28,31)(H3,25,27,29,30). The van der Waals surface area contributed by atoms with Gasteiger partial charge in [-0.2, -0.15) is 4.98 Å². The lowest BCUT2D eigenvalue weighted by Gasteiger charge is -2.10. The van der Waals surface area contributed by atoms with Crippen molar-refractivity contribution in [2.75, 3.05) is 22.1 Å². The number of carbonyl (C=O) groups excluding carboxylic acids is 1. The molecule has 0 fully saturated rings. The first kappa shape index (κ1) is 19.8. The van der Waals surface area contributed by atoms with Crippen molar-refractivity contribution >= 4 is 29.0 Å². The Hall–Kier alpha value is -4.46. The lowest BCUT2D eigenvalue weighted by atomic mass is 10.1. The highest BCUT2D eigenvalue weighted by molar-refractivity contribution is 6.05. The number of nitrogens with zero attached hydrogens (tertiary/aromatic N) is 3. The topological polar surface area (TPSA) is 132 Å². The Kier molecular flexibility index (Phi) is 5.70. The van der Waals surface area contributed by atoms with Crippen molar-refractivity contribution in [3.63, 3.8) is 0 Å². The van der Waals surface area contributed by atoms with Crippen molar-refractivity contribution in [2.24, 2.45) is 0 Å². The predicted molar refractivity (Wildman–Crippen MR) is 122 cm³/mol. The largest absolute Gasteiger partial charge is 0.397 e. The fraction of sp³-hybridized carbons (Fsp3) is 0.0435. The first-order chi connectivity index (χ1) is 15.1. The molecular formula is C23H21N7O. The van der Waals surface area contributed by atoms with Crippen LogP contribution < -0.4 is 22.1 Å². The minimum atomic E-state index is -0.220. The SMILES string of the molecule is Nc1nc(NCc2ccc(C(=O)Nc3ccccc3N)cc2)cc(-c2cccnc2)n1. The summed E-state index contributed by atoms with van der Waals surface area (Å²) in [6.45, 7) is 0.510. The minimum absolute atomic E-state index is 0.177. The number of pyridine rings is 1. The summed E-state index contributed by atoms with van der Waals surface area (Å²) in [5.41, 5.74) is 15.9. The number of anilines is 4. The van der Waals surface area contributed by atoms with Crippen LogP contribution in [-0.2, 0) is 6.54 Å². The maximum atomic E-state index is 12.4. The molecule has 0 spiro atoms. The molecule has 6 N–H and O–H groups in total. The van der Waals surface area contributed by atoms with Gasteiger partial charge in [0, 0.05) is 36.1 Å². The predicted octanol–water partition coefficient (Wildman–Crippen LogP) is 3.57. The quantitative estimate of drug-likeness (QED) is 0.357. The molecule has 8 heteroatoms. The van der Waals surface area contributed by atoms with Crippen molar-refractivity contribution in [1.82, 2.24) is 15.0 Å². The van der Waals surface area contributed by atoms with Gasteiger partial charge in [-0.15, -0.1) is 0 Å². The molecule has 0 radical (unpaired) electrons. The Morgan fingerprint density at radius 2 is 1.74 bits per heavy atom. The van der Waals surface area contributed by atoms with Crippen LogP contribution in [0.25, 0.3) is 11.3 Å². The second-order valence-electron chi connectivity index (χ2n) is 6.83. The summed E-state index contributed by atoms with van der Waals surface area (Å²) >= 11 is 0. The van der Waals surface area contributed by atoms with Crippen LogP contribution in [0, 0.1) is 0 Å². The molecule has 0 saturated carbocycles. The smallest absolute Gasteiger partial charge is 0.255 e. The van der Waals surface area contributed by atoms with Crippen LogP contribution in [0.1, 0.15) is 15.9 Å². The van der Waals surface area contributed by atoms with Gasteiger partial charge in [-0.05, 0) is 42.0 Å². The van der Waals surface area contributed by atoms with Crippen LogP contribution >= 0.6 is 0 Å². The summed E-state index contributed by atoms with van der Waals surface area (Å²) < 4.78 is 0. The highest BCUT2D eigenvalue weighted by atomic mass is 16.1. The lowest BCUT2D eigenvalue weighted by molar-refractivity contribution is 0.102. The normalized spacial score (nSPS) is 10.5. The van der Waals surface area contributed by atoms with E-state index in [0.29, 0.717) is 35.0 Å². The molecule has 0 aliphatic carbocycles. The Morgan fingerprint density at radius 3 is 2.48 bits per heavy atom. The molecule has 4 aromatic rings. The fourth-order valence-electron chi connectivity index (χ4n) is 2.99. The summed E-state index contributed by atoms with van der Waals surface area (Å²) in [5, 5.41) is 6.06. The lowest BCUT2D eigenvalue weighted by Crippen LogP contribution is -2.13. The van der Waals surface area contributed by atoms with E-state index in [1.54, 1.807) is 36.7 Å². The molecule has 0 unspecified atom stereocenters. The molecule has 0 saturated heterocycles. The van der Waals surface area contributed by atoms with E-state index in [9.17, 15) is 4.79 Å². The van der Waals surface area contributed by atoms with Crippen LogP contribution in [0.4, 0.5) is 23.1 Å². The van der Waals surface area contributed by atoms with E-state index in [-0.39, 0.29) is 11.9 Å². The van der Waals surface area contributed by atoms with E-state index in [4.69, 9.17) is 11.5 Å². The third-order valence-corrected chi connectivity index (χ3v) is 4.60. The second kappa shape index (κ2) is 8.91. The van der Waals surface area contributed by atoms with Crippen LogP contribution in [-0.4, -0.2) is 20.9 Å². The van der Waals surface area contributed by atoms with Gasteiger partial charge in [-0.1, -0.05) is 24.3 Å². The zero-order valence-electron chi connectivity index (χ0n) is 16.6. The Labute approximate surface area is 179 Å². The maximum absolute atomic E-state index is 12.4. The number of nitrogens with two attached hydrogens (primary N) is 2. The number of rotatable bonds is 6. The zero-order valence-corrected chi connectivity index (χ0v) is 16.6. The molecule has 0 bridgehead atoms. The van der Waals surface area contributed by atoms with E-state index in [2.05, 4.69) is 25.6 Å². The molecule has 8 nitrogen and oxygen atoms in total. The summed E-state index contributed by atoms with van der Waals surface area (Å²) in [5.74, 6) is 0.561. The number of benzene rings is 2. The number of carbonyl (C=O) groups is 1. The number of para-hydroxylation sites is 2. The van der Waals surface area contributed by atoms with Gasteiger partial charge in [-0.3, -0.25) is 9.78 Å². The Bertz CT molecular complexity index is 1190. The van der Waals surface area contributed by atoms with Gasteiger partial charge >= 0.3 is 0 Å². The van der Waals surface area contributed by atoms with Gasteiger partial charge < -0.3 is 22.1 Å². The molecule has 0 aliphatic rings. The molecule has 2 aromatic carbocycles. The van der Waals surface area contributed by atoms with Crippen molar-refractivity contribution < 1.29 is 4.79 Å². The zero-order chi connectivity index (χ0) is 21.6. The molecule has 2 heterocycles. The van der Waals surface area contributed by atoms with E-state index in [1.165, 1.54) is 0 Å². The van der Waals surface area contributed by atoms with Gasteiger partial charge in [0.15, 0.2) is 0 Å². The van der Waals surface area contributed by atoms with Crippen molar-refractivity contribution in [3.05, 3.63) is 90.3 Å². The van der Waals surface area contributed by atoms with Gasteiger partial charge in [0.1, 0.15) is 5.82 Å². The highest BCUT2D eigenvalue weighted by Crippen LogP contribution is 2.21. The fourth-order valence-corrected chi connectivity index (χ4v) is 2.99. The number of aromatic nitrogens is 3. The van der Waals surface area contributed by atoms with Crippen LogP contribution in [0.5, 0.6) is 0 Å². The van der Waals surface area contributed by atoms with E-state index in [1.807, 2.05) is 42.5 Å². The van der Waals surface area contributed by atoms with E-state index < -0.39 is 0 Å². The number of nitrogen functional groups attached to an aromatic ring is 2. The Balaban J connectivity index is 1.41. The third-order valence-electron chi connectivity index (χ3n) is 4.60. The summed E-state index contributed by atoms with van der Waals surface area (Å²) in [6, 6.07) is 20.0. The molecule has 31 heavy (non-hydrogen) atoms. The van der Waals surface area contributed by atoms with Gasteiger partial charge in [0.05, 0.1) is 17.1 Å². The molecule has 1 amide bonds. The summed E-state index contributed by atoms with van der Waals surface area (Å²) in [7, 11) is 0. The summed E-state index contributed by atoms with van der Waals surface area (Å²) in [4.78, 5) is 25.1. The van der Waals surface area contributed by atoms with Crippen molar-refractivity contribution in [1.29, 1.82) is 0 Å². The average Bonchev–Trinajstić information content (AvgIpc) is 2.80. The first-order valence-corrected chi connectivity index (χ1v) is 9.62. The number of hydrogen-bond donors (Lipinski definition) is 4. The molecule has 4 rings (SSSR count). The molecule has 0 atom stereocenters. The minimum Gasteiger partial charge on any atom is -0.397 e. The first-order valence-electron chi connectivity index (χ1n) is 9.62. The van der Waals surface area contributed by atoms with Gasteiger partial charge in [-0.25, -0.2) is 4.98 Å². The molecular weight excluding hydrogens is 390 g/mol. The highest BCUT2D eigenvalue weighted by Gasteiger charge is 2.09. The van der Waals surface area contributed by atoms with Crippen LogP contribution in [0.2, 0.25) is 0 Å². The maximum Gasteiger partial charge on any atom is 0.255 e. The molecule has 2 aromatic heterocycles. The van der Waals surface area contributed by atoms with Gasteiger partial charge in [0.2, 0.25) is 5.95 Å². The molecule has 0 aliphatic heterocycles. The number of nitrogens with one attached hydrogen (secondary N) is 2. The van der Waals surface area contributed by atoms with Gasteiger partial charge in [0.25, 0.3) is 5.91 Å². The second-order valence-corrected chi connectivity index (χ2v) is 6.83.